The van der Waals surface area contributed by atoms with Crippen LogP contribution in [0.4, 0.5) is 0 Å². The van der Waals surface area contributed by atoms with Crippen molar-refractivity contribution in [3.05, 3.63) is 12.4 Å². The highest BCUT2D eigenvalue weighted by molar-refractivity contribution is 7.89. The molecule has 3 N–H and O–H groups in total. The Bertz CT molecular complexity index is 652. The Morgan fingerprint density at radius 2 is 1.91 bits per heavy atom. The summed E-state index contributed by atoms with van der Waals surface area (Å²) in [5.74, 6) is -2.22. The third-order valence-electron chi connectivity index (χ3n) is 2.95. The summed E-state index contributed by atoms with van der Waals surface area (Å²) in [4.78, 5) is 22.9. The highest BCUT2D eigenvalue weighted by Crippen LogP contribution is 2.07. The fraction of sp³-hybridized carbons (Fsp3) is 0.583. The molecule has 1 unspecified atom stereocenters. The first kappa shape index (κ1) is 18.1. The number of nitrogens with one attached hydrogen (secondary N) is 2. The van der Waals surface area contributed by atoms with E-state index in [1.165, 1.54) is 17.8 Å². The van der Waals surface area contributed by atoms with Crippen LogP contribution in [-0.2, 0) is 26.7 Å². The van der Waals surface area contributed by atoms with Crippen molar-refractivity contribution < 1.29 is 23.1 Å². The van der Waals surface area contributed by atoms with Gasteiger partial charge in [0.15, 0.2) is 0 Å². The molecule has 1 aromatic heterocycles. The number of sulfonamides is 1. The number of carbonyl (C=O) groups is 2. The second-order valence-corrected chi connectivity index (χ2v) is 6.98. The molecule has 1 rings (SSSR count). The molecule has 0 aliphatic carbocycles. The third-order valence-corrected chi connectivity index (χ3v) is 4.44. The fourth-order valence-corrected chi connectivity index (χ4v) is 2.87. The van der Waals surface area contributed by atoms with Crippen LogP contribution in [0, 0.1) is 5.92 Å². The van der Waals surface area contributed by atoms with Crippen molar-refractivity contribution in [2.24, 2.45) is 13.0 Å². The molecule has 0 aliphatic rings. The first-order valence-electron chi connectivity index (χ1n) is 6.58. The lowest BCUT2D eigenvalue weighted by atomic mass is 10.0. The molecule has 0 fully saturated rings. The van der Waals surface area contributed by atoms with Crippen molar-refractivity contribution in [3.63, 3.8) is 0 Å². The number of amides is 1. The van der Waals surface area contributed by atoms with Gasteiger partial charge in [0.2, 0.25) is 15.9 Å². The normalized spacial score (nSPS) is 14.6. The Morgan fingerprint density at radius 1 is 1.32 bits per heavy atom. The van der Waals surface area contributed by atoms with Gasteiger partial charge in [-0.25, -0.2) is 13.2 Å². The first-order chi connectivity index (χ1) is 10.0. The zero-order chi connectivity index (χ0) is 17.1. The van der Waals surface area contributed by atoms with E-state index in [0.29, 0.717) is 0 Å². The van der Waals surface area contributed by atoms with Gasteiger partial charge in [0.05, 0.1) is 12.2 Å². The monoisotopic (exact) mass is 332 g/mol. The van der Waals surface area contributed by atoms with Crippen LogP contribution in [0.2, 0.25) is 0 Å². The Balaban J connectivity index is 2.77. The fourth-order valence-electron chi connectivity index (χ4n) is 1.68. The number of carbonyl (C=O) groups excluding carboxylic acids is 1. The number of rotatable bonds is 7. The van der Waals surface area contributed by atoms with Gasteiger partial charge in [-0.05, 0) is 12.8 Å². The van der Waals surface area contributed by atoms with E-state index >= 15 is 0 Å². The number of aliphatic carboxylic acids is 1. The zero-order valence-electron chi connectivity index (χ0n) is 12.8. The molecule has 0 saturated heterocycles. The van der Waals surface area contributed by atoms with E-state index in [1.807, 2.05) is 0 Å². The van der Waals surface area contributed by atoms with E-state index < -0.39 is 34.0 Å². The number of aryl methyl sites for hydroxylation is 1. The Morgan fingerprint density at radius 3 is 2.32 bits per heavy atom. The molecule has 0 bridgehead atoms. The lowest BCUT2D eigenvalue weighted by molar-refractivity contribution is -0.143. The smallest absolute Gasteiger partial charge is 0.326 e. The van der Waals surface area contributed by atoms with Gasteiger partial charge in [0.1, 0.15) is 10.9 Å². The van der Waals surface area contributed by atoms with Crippen LogP contribution in [0.25, 0.3) is 0 Å². The molecule has 0 spiro atoms. The maximum absolute atomic E-state index is 12.1. The van der Waals surface area contributed by atoms with Gasteiger partial charge in [-0.1, -0.05) is 13.8 Å². The van der Waals surface area contributed by atoms with Crippen LogP contribution in [-0.4, -0.2) is 47.3 Å². The van der Waals surface area contributed by atoms with E-state index in [0.717, 1.165) is 6.20 Å². The third kappa shape index (κ3) is 4.53. The van der Waals surface area contributed by atoms with Gasteiger partial charge in [0, 0.05) is 13.2 Å². The largest absolute Gasteiger partial charge is 0.480 e. The summed E-state index contributed by atoms with van der Waals surface area (Å²) in [7, 11) is -2.34. The predicted molar refractivity (Wildman–Crippen MR) is 77.4 cm³/mol. The number of carboxylic acid groups (broad SMARTS) is 1. The highest BCUT2D eigenvalue weighted by Gasteiger charge is 2.28. The average molecular weight is 332 g/mol. The SMILES string of the molecule is CC(NS(=O)(=O)c1cnn(C)c1)C(=O)N[C@H](C(=O)O)C(C)C. The average Bonchev–Trinajstić information content (AvgIpc) is 2.81. The Labute approximate surface area is 128 Å². The molecule has 0 aliphatic heterocycles. The molecule has 0 radical (unpaired) electrons. The summed E-state index contributed by atoms with van der Waals surface area (Å²) >= 11 is 0. The number of nitrogens with zero attached hydrogens (tertiary/aromatic N) is 2. The van der Waals surface area contributed by atoms with Crippen LogP contribution in [0.5, 0.6) is 0 Å². The van der Waals surface area contributed by atoms with Crippen molar-refractivity contribution in [1.82, 2.24) is 19.8 Å². The van der Waals surface area contributed by atoms with E-state index in [9.17, 15) is 18.0 Å². The molecule has 1 heterocycles. The summed E-state index contributed by atoms with van der Waals surface area (Å²) in [5, 5.41) is 15.1. The number of hydrogen-bond donors (Lipinski definition) is 3. The minimum absolute atomic E-state index is 0.0757. The molecular weight excluding hydrogens is 312 g/mol. The minimum atomic E-state index is -3.90. The maximum atomic E-state index is 12.1. The summed E-state index contributed by atoms with van der Waals surface area (Å²) in [6.07, 6.45) is 2.45. The van der Waals surface area contributed by atoms with Gasteiger partial charge in [-0.15, -0.1) is 0 Å². The van der Waals surface area contributed by atoms with Gasteiger partial charge in [0.25, 0.3) is 0 Å². The van der Waals surface area contributed by atoms with Crippen LogP contribution >= 0.6 is 0 Å². The number of hydrogen-bond acceptors (Lipinski definition) is 5. The first-order valence-corrected chi connectivity index (χ1v) is 8.07. The van der Waals surface area contributed by atoms with Crippen molar-refractivity contribution in [1.29, 1.82) is 0 Å². The van der Waals surface area contributed by atoms with Crippen LogP contribution in [0.15, 0.2) is 17.3 Å². The summed E-state index contributed by atoms with van der Waals surface area (Å²) in [5.41, 5.74) is 0. The van der Waals surface area contributed by atoms with Crippen LogP contribution in [0.1, 0.15) is 20.8 Å². The van der Waals surface area contributed by atoms with Crippen molar-refractivity contribution in [2.75, 3.05) is 0 Å². The predicted octanol–water partition coefficient (Wildman–Crippen LogP) is -0.688. The molecule has 10 heteroatoms. The molecule has 2 atom stereocenters. The van der Waals surface area contributed by atoms with E-state index in [2.05, 4.69) is 15.1 Å². The van der Waals surface area contributed by atoms with Gasteiger partial charge < -0.3 is 10.4 Å². The van der Waals surface area contributed by atoms with Crippen molar-refractivity contribution in [2.45, 2.75) is 37.8 Å². The van der Waals surface area contributed by atoms with Crippen LogP contribution < -0.4 is 10.0 Å². The Hall–Kier alpha value is -1.94. The van der Waals surface area contributed by atoms with E-state index in [1.54, 1.807) is 20.9 Å². The second-order valence-electron chi connectivity index (χ2n) is 5.26. The molecule has 0 aromatic carbocycles. The molecular formula is C12H20N4O5S. The second kappa shape index (κ2) is 6.88. The number of aromatic nitrogens is 2. The summed E-state index contributed by atoms with van der Waals surface area (Å²) in [6.45, 7) is 4.62. The molecule has 22 heavy (non-hydrogen) atoms. The lowest BCUT2D eigenvalue weighted by Crippen LogP contribution is -2.51. The van der Waals surface area contributed by atoms with Crippen molar-refractivity contribution >= 4 is 21.9 Å². The molecule has 9 nitrogen and oxygen atoms in total. The van der Waals surface area contributed by atoms with E-state index in [-0.39, 0.29) is 10.8 Å². The standard InChI is InChI=1S/C12H20N4O5S/c1-7(2)10(12(18)19)14-11(17)8(3)15-22(20,21)9-5-13-16(4)6-9/h5-8,10,15H,1-4H3,(H,14,17)(H,18,19)/t8?,10-/m0/s1. The van der Waals surface area contributed by atoms with Crippen molar-refractivity contribution in [3.8, 4) is 0 Å². The lowest BCUT2D eigenvalue weighted by Gasteiger charge is -2.20. The quantitative estimate of drug-likeness (QED) is 0.606. The van der Waals surface area contributed by atoms with Crippen LogP contribution in [0.3, 0.4) is 0 Å². The van der Waals surface area contributed by atoms with Gasteiger partial charge >= 0.3 is 5.97 Å². The van der Waals surface area contributed by atoms with Gasteiger partial charge in [-0.2, -0.15) is 9.82 Å². The highest BCUT2D eigenvalue weighted by atomic mass is 32.2. The Kier molecular flexibility index (Phi) is 5.66. The van der Waals surface area contributed by atoms with Gasteiger partial charge in [-0.3, -0.25) is 9.48 Å². The summed E-state index contributed by atoms with van der Waals surface area (Å²) in [6, 6.07) is -2.20. The number of carboxylic acids is 1. The molecule has 1 amide bonds. The molecule has 0 saturated carbocycles. The minimum Gasteiger partial charge on any atom is -0.480 e. The maximum Gasteiger partial charge on any atom is 0.326 e. The topological polar surface area (TPSA) is 130 Å². The summed E-state index contributed by atoms with van der Waals surface area (Å²) < 4.78 is 27.6. The molecule has 1 aromatic rings. The van der Waals surface area contributed by atoms with E-state index in [4.69, 9.17) is 5.11 Å². The zero-order valence-corrected chi connectivity index (χ0v) is 13.6. The molecule has 124 valence electrons.